The van der Waals surface area contributed by atoms with Crippen molar-refractivity contribution in [3.05, 3.63) is 29.8 Å². The fourth-order valence-electron chi connectivity index (χ4n) is 3.06. The van der Waals surface area contributed by atoms with Crippen LogP contribution in [0.2, 0.25) is 0 Å². The summed E-state index contributed by atoms with van der Waals surface area (Å²) in [5.41, 5.74) is 7.05. The Morgan fingerprint density at radius 3 is 2.63 bits per heavy atom. The summed E-state index contributed by atoms with van der Waals surface area (Å²) >= 11 is 0. The van der Waals surface area contributed by atoms with Crippen molar-refractivity contribution in [2.75, 3.05) is 20.2 Å². The molecule has 19 heavy (non-hydrogen) atoms. The maximum absolute atomic E-state index is 5.79. The van der Waals surface area contributed by atoms with Gasteiger partial charge >= 0.3 is 0 Å². The van der Waals surface area contributed by atoms with E-state index >= 15 is 0 Å². The third kappa shape index (κ3) is 3.95. The highest BCUT2D eigenvalue weighted by Crippen LogP contribution is 2.26. The van der Waals surface area contributed by atoms with Gasteiger partial charge in [-0.2, -0.15) is 0 Å². The molecule has 1 aromatic carbocycles. The summed E-state index contributed by atoms with van der Waals surface area (Å²) in [7, 11) is 1.74. The van der Waals surface area contributed by atoms with Crippen molar-refractivity contribution in [3.8, 4) is 5.75 Å². The zero-order chi connectivity index (χ0) is 13.5. The first-order valence-electron chi connectivity index (χ1n) is 7.41. The molecule has 3 heteroatoms. The van der Waals surface area contributed by atoms with E-state index in [9.17, 15) is 0 Å². The van der Waals surface area contributed by atoms with Crippen molar-refractivity contribution >= 4 is 0 Å². The number of rotatable bonds is 6. The largest absolute Gasteiger partial charge is 0.496 e. The van der Waals surface area contributed by atoms with Gasteiger partial charge in [0.25, 0.3) is 0 Å². The second-order valence-corrected chi connectivity index (χ2v) is 5.36. The Morgan fingerprint density at radius 2 is 1.95 bits per heavy atom. The van der Waals surface area contributed by atoms with Gasteiger partial charge in [0.1, 0.15) is 5.75 Å². The van der Waals surface area contributed by atoms with Crippen molar-refractivity contribution in [2.24, 2.45) is 5.73 Å². The molecule has 1 saturated carbocycles. The lowest BCUT2D eigenvalue weighted by molar-refractivity contribution is 0.151. The number of nitrogens with zero attached hydrogens (tertiary/aromatic N) is 1. The minimum Gasteiger partial charge on any atom is -0.496 e. The first kappa shape index (κ1) is 14.4. The number of methoxy groups -OCH3 is 1. The van der Waals surface area contributed by atoms with Crippen LogP contribution in [-0.2, 0) is 6.54 Å². The number of hydrogen-bond acceptors (Lipinski definition) is 3. The number of nitrogens with two attached hydrogens (primary N) is 1. The van der Waals surface area contributed by atoms with E-state index in [-0.39, 0.29) is 0 Å². The van der Waals surface area contributed by atoms with E-state index in [1.807, 2.05) is 12.1 Å². The number of hydrogen-bond donors (Lipinski definition) is 1. The van der Waals surface area contributed by atoms with Gasteiger partial charge < -0.3 is 10.5 Å². The molecule has 1 aromatic rings. The topological polar surface area (TPSA) is 38.5 Å². The van der Waals surface area contributed by atoms with Crippen LogP contribution in [0.3, 0.4) is 0 Å². The number of benzene rings is 1. The highest BCUT2D eigenvalue weighted by molar-refractivity contribution is 5.33. The first-order chi connectivity index (χ1) is 9.35. The fourth-order valence-corrected chi connectivity index (χ4v) is 3.06. The molecule has 1 aliphatic carbocycles. The molecule has 0 unspecified atom stereocenters. The molecule has 0 aliphatic heterocycles. The Hall–Kier alpha value is -1.06. The van der Waals surface area contributed by atoms with Crippen LogP contribution < -0.4 is 10.5 Å². The van der Waals surface area contributed by atoms with Crippen LogP contribution in [0.25, 0.3) is 0 Å². The SMILES string of the molecule is COc1ccccc1CN(CCN)C1CCCCC1. The van der Waals surface area contributed by atoms with E-state index in [1.165, 1.54) is 37.7 Å². The maximum atomic E-state index is 5.79. The number of para-hydroxylation sites is 1. The molecular formula is C16H26N2O. The van der Waals surface area contributed by atoms with Crippen LogP contribution in [0, 0.1) is 0 Å². The molecule has 0 aromatic heterocycles. The molecule has 106 valence electrons. The minimum absolute atomic E-state index is 0.696. The Morgan fingerprint density at radius 1 is 1.21 bits per heavy atom. The molecule has 2 rings (SSSR count). The van der Waals surface area contributed by atoms with Crippen LogP contribution in [0.1, 0.15) is 37.7 Å². The van der Waals surface area contributed by atoms with Crippen LogP contribution in [0.4, 0.5) is 0 Å². The van der Waals surface area contributed by atoms with E-state index in [0.29, 0.717) is 6.04 Å². The molecule has 3 nitrogen and oxygen atoms in total. The highest BCUT2D eigenvalue weighted by Gasteiger charge is 2.21. The predicted octanol–water partition coefficient (Wildman–Crippen LogP) is 2.79. The van der Waals surface area contributed by atoms with Gasteiger partial charge in [0.15, 0.2) is 0 Å². The van der Waals surface area contributed by atoms with Crippen LogP contribution in [0.5, 0.6) is 5.75 Å². The van der Waals surface area contributed by atoms with Crippen molar-refractivity contribution in [1.82, 2.24) is 4.90 Å². The van der Waals surface area contributed by atoms with E-state index in [1.54, 1.807) is 7.11 Å². The molecule has 0 heterocycles. The summed E-state index contributed by atoms with van der Waals surface area (Å²) in [6.07, 6.45) is 6.74. The average molecular weight is 262 g/mol. The lowest BCUT2D eigenvalue weighted by Crippen LogP contribution is -2.39. The van der Waals surface area contributed by atoms with E-state index in [0.717, 1.165) is 25.4 Å². The molecule has 0 saturated heterocycles. The smallest absolute Gasteiger partial charge is 0.123 e. The third-order valence-corrected chi connectivity index (χ3v) is 4.07. The van der Waals surface area contributed by atoms with Gasteiger partial charge in [0, 0.05) is 31.2 Å². The zero-order valence-corrected chi connectivity index (χ0v) is 12.0. The van der Waals surface area contributed by atoms with E-state index < -0.39 is 0 Å². The molecule has 0 amide bonds. The standard InChI is InChI=1S/C16H26N2O/c1-19-16-10-6-5-7-14(16)13-18(12-11-17)15-8-3-2-4-9-15/h5-7,10,15H,2-4,8-9,11-13,17H2,1H3. The summed E-state index contributed by atoms with van der Waals surface area (Å²) in [5.74, 6) is 0.986. The van der Waals surface area contributed by atoms with Gasteiger partial charge in [0.2, 0.25) is 0 Å². The quantitative estimate of drug-likeness (QED) is 0.856. The molecule has 1 fully saturated rings. The molecule has 0 spiro atoms. The summed E-state index contributed by atoms with van der Waals surface area (Å²) < 4.78 is 5.45. The van der Waals surface area contributed by atoms with Gasteiger partial charge in [-0.25, -0.2) is 0 Å². The van der Waals surface area contributed by atoms with Crippen molar-refractivity contribution in [3.63, 3.8) is 0 Å². The second-order valence-electron chi connectivity index (χ2n) is 5.36. The number of ether oxygens (including phenoxy) is 1. The molecule has 0 bridgehead atoms. The molecular weight excluding hydrogens is 236 g/mol. The second kappa shape index (κ2) is 7.51. The zero-order valence-electron chi connectivity index (χ0n) is 12.0. The van der Waals surface area contributed by atoms with Crippen molar-refractivity contribution < 1.29 is 4.74 Å². The van der Waals surface area contributed by atoms with Crippen molar-refractivity contribution in [2.45, 2.75) is 44.7 Å². The highest BCUT2D eigenvalue weighted by atomic mass is 16.5. The van der Waals surface area contributed by atoms with Crippen LogP contribution >= 0.6 is 0 Å². The summed E-state index contributed by atoms with van der Waals surface area (Å²) in [5, 5.41) is 0. The maximum Gasteiger partial charge on any atom is 0.123 e. The molecule has 0 atom stereocenters. The third-order valence-electron chi connectivity index (χ3n) is 4.07. The van der Waals surface area contributed by atoms with Crippen molar-refractivity contribution in [1.29, 1.82) is 0 Å². The predicted molar refractivity (Wildman–Crippen MR) is 79.3 cm³/mol. The monoisotopic (exact) mass is 262 g/mol. The summed E-state index contributed by atoms with van der Waals surface area (Å²) in [6, 6.07) is 9.00. The van der Waals surface area contributed by atoms with E-state index in [2.05, 4.69) is 17.0 Å². The van der Waals surface area contributed by atoms with Crippen LogP contribution in [0.15, 0.2) is 24.3 Å². The summed E-state index contributed by atoms with van der Waals surface area (Å²) in [4.78, 5) is 2.54. The average Bonchev–Trinajstić information content (AvgIpc) is 2.48. The van der Waals surface area contributed by atoms with Gasteiger partial charge in [-0.15, -0.1) is 0 Å². The Balaban J connectivity index is 2.06. The lowest BCUT2D eigenvalue weighted by Gasteiger charge is -2.34. The van der Waals surface area contributed by atoms with Gasteiger partial charge in [-0.3, -0.25) is 4.90 Å². The van der Waals surface area contributed by atoms with E-state index in [4.69, 9.17) is 10.5 Å². The Kier molecular flexibility index (Phi) is 5.67. The Bertz CT molecular complexity index is 375. The normalized spacial score (nSPS) is 16.8. The molecule has 2 N–H and O–H groups in total. The summed E-state index contributed by atoms with van der Waals surface area (Å²) in [6.45, 7) is 2.65. The van der Waals surface area contributed by atoms with Gasteiger partial charge in [-0.05, 0) is 18.9 Å². The minimum atomic E-state index is 0.696. The van der Waals surface area contributed by atoms with Gasteiger partial charge in [0.05, 0.1) is 7.11 Å². The Labute approximate surface area is 116 Å². The molecule has 0 radical (unpaired) electrons. The first-order valence-corrected chi connectivity index (χ1v) is 7.41. The lowest BCUT2D eigenvalue weighted by atomic mass is 9.93. The van der Waals surface area contributed by atoms with Crippen LogP contribution in [-0.4, -0.2) is 31.1 Å². The van der Waals surface area contributed by atoms with Gasteiger partial charge in [-0.1, -0.05) is 37.5 Å². The fraction of sp³-hybridized carbons (Fsp3) is 0.625. The molecule has 1 aliphatic rings.